The van der Waals surface area contributed by atoms with Crippen LogP contribution in [0.5, 0.6) is 0 Å². The lowest BCUT2D eigenvalue weighted by molar-refractivity contribution is 0.0920. The lowest BCUT2D eigenvalue weighted by Gasteiger charge is -2.04. The maximum Gasteiger partial charge on any atom is 0.270 e. The highest BCUT2D eigenvalue weighted by Gasteiger charge is 2.12. The van der Waals surface area contributed by atoms with Gasteiger partial charge in [-0.2, -0.15) is 0 Å². The third-order valence-electron chi connectivity index (χ3n) is 2.39. The van der Waals surface area contributed by atoms with Gasteiger partial charge in [-0.1, -0.05) is 23.7 Å². The summed E-state index contributed by atoms with van der Waals surface area (Å²) in [6.45, 7) is 1.83. The van der Waals surface area contributed by atoms with E-state index in [1.54, 1.807) is 24.4 Å². The summed E-state index contributed by atoms with van der Waals surface area (Å²) >= 11 is 7.21. The molecule has 4 nitrogen and oxygen atoms in total. The van der Waals surface area contributed by atoms with Gasteiger partial charge in [-0.15, -0.1) is 11.3 Å². The van der Waals surface area contributed by atoms with Gasteiger partial charge in [-0.05, 0) is 19.1 Å². The van der Waals surface area contributed by atoms with Crippen molar-refractivity contribution in [1.29, 1.82) is 0 Å². The number of carbonyl (C=O) groups excluding carboxylic acids is 1. The summed E-state index contributed by atoms with van der Waals surface area (Å²) in [4.78, 5) is 16.0. The Bertz CT molecular complexity index is 566. The molecule has 0 aliphatic heterocycles. The lowest BCUT2D eigenvalue weighted by atomic mass is 10.2. The van der Waals surface area contributed by atoms with Crippen LogP contribution in [-0.4, -0.2) is 28.6 Å². The van der Waals surface area contributed by atoms with E-state index in [2.05, 4.69) is 10.3 Å². The van der Waals surface area contributed by atoms with Crippen molar-refractivity contribution < 1.29 is 9.90 Å². The minimum Gasteiger partial charge on any atom is -0.392 e. The maximum absolute atomic E-state index is 11.7. The number of thiazole rings is 1. The molecular formula is C13H13ClN2O2S. The van der Waals surface area contributed by atoms with Gasteiger partial charge in [-0.25, -0.2) is 4.98 Å². The first-order valence-corrected chi connectivity index (χ1v) is 7.00. The molecule has 1 aromatic heterocycles. The van der Waals surface area contributed by atoms with Crippen molar-refractivity contribution in [3.05, 3.63) is 40.4 Å². The second-order valence-corrected chi connectivity index (χ2v) is 5.40. The van der Waals surface area contributed by atoms with Crippen LogP contribution in [0.25, 0.3) is 10.6 Å². The summed E-state index contributed by atoms with van der Waals surface area (Å²) in [5.41, 5.74) is 1.28. The number of benzene rings is 1. The summed E-state index contributed by atoms with van der Waals surface area (Å²) in [6, 6.07) is 7.29. The largest absolute Gasteiger partial charge is 0.392 e. The zero-order valence-corrected chi connectivity index (χ0v) is 11.8. The molecule has 0 aliphatic rings. The number of rotatable bonds is 4. The predicted octanol–water partition coefficient (Wildman–Crippen LogP) is 2.57. The minimum absolute atomic E-state index is 0.215. The molecule has 2 aromatic rings. The van der Waals surface area contributed by atoms with E-state index < -0.39 is 6.10 Å². The smallest absolute Gasteiger partial charge is 0.270 e. The van der Waals surface area contributed by atoms with E-state index in [4.69, 9.17) is 16.7 Å². The third-order valence-corrected chi connectivity index (χ3v) is 3.53. The van der Waals surface area contributed by atoms with Crippen LogP contribution in [0.2, 0.25) is 5.02 Å². The number of nitrogens with zero attached hydrogens (tertiary/aromatic N) is 1. The van der Waals surface area contributed by atoms with Gasteiger partial charge in [0.2, 0.25) is 0 Å². The van der Waals surface area contributed by atoms with Crippen LogP contribution in [0.15, 0.2) is 29.6 Å². The van der Waals surface area contributed by atoms with Crippen LogP contribution in [0.1, 0.15) is 17.4 Å². The number of amides is 1. The molecule has 1 heterocycles. The van der Waals surface area contributed by atoms with Crippen LogP contribution in [0, 0.1) is 0 Å². The van der Waals surface area contributed by atoms with E-state index in [9.17, 15) is 4.79 Å². The zero-order valence-electron chi connectivity index (χ0n) is 10.3. The Morgan fingerprint density at radius 3 is 2.79 bits per heavy atom. The Kier molecular flexibility index (Phi) is 4.52. The van der Waals surface area contributed by atoms with Gasteiger partial charge in [0.1, 0.15) is 10.7 Å². The molecule has 6 heteroatoms. The van der Waals surface area contributed by atoms with Gasteiger partial charge in [-0.3, -0.25) is 4.79 Å². The normalized spacial score (nSPS) is 12.2. The molecule has 0 saturated carbocycles. The Morgan fingerprint density at radius 1 is 1.47 bits per heavy atom. The highest BCUT2D eigenvalue weighted by atomic mass is 35.5. The van der Waals surface area contributed by atoms with Crippen molar-refractivity contribution in [2.24, 2.45) is 0 Å². The van der Waals surface area contributed by atoms with Crippen LogP contribution in [0.3, 0.4) is 0 Å². The Morgan fingerprint density at radius 2 is 2.16 bits per heavy atom. The molecule has 0 saturated heterocycles. The van der Waals surface area contributed by atoms with Gasteiger partial charge in [0.05, 0.1) is 6.10 Å². The van der Waals surface area contributed by atoms with E-state index in [1.807, 2.05) is 12.1 Å². The van der Waals surface area contributed by atoms with E-state index >= 15 is 0 Å². The van der Waals surface area contributed by atoms with Gasteiger partial charge < -0.3 is 10.4 Å². The highest BCUT2D eigenvalue weighted by molar-refractivity contribution is 7.13. The second-order valence-electron chi connectivity index (χ2n) is 4.10. The number of aliphatic hydroxyl groups is 1. The van der Waals surface area contributed by atoms with Crippen molar-refractivity contribution in [3.8, 4) is 10.6 Å². The molecule has 100 valence electrons. The van der Waals surface area contributed by atoms with E-state index in [0.717, 1.165) is 10.6 Å². The average molecular weight is 297 g/mol. The van der Waals surface area contributed by atoms with Crippen LogP contribution in [-0.2, 0) is 0 Å². The molecule has 0 fully saturated rings. The van der Waals surface area contributed by atoms with E-state index in [0.29, 0.717) is 10.7 Å². The van der Waals surface area contributed by atoms with Crippen LogP contribution >= 0.6 is 22.9 Å². The highest BCUT2D eigenvalue weighted by Crippen LogP contribution is 2.24. The van der Waals surface area contributed by atoms with Crippen molar-refractivity contribution >= 4 is 28.8 Å². The third kappa shape index (κ3) is 3.76. The van der Waals surface area contributed by atoms with Gasteiger partial charge in [0, 0.05) is 22.5 Å². The quantitative estimate of drug-likeness (QED) is 0.911. The fourth-order valence-corrected chi connectivity index (χ4v) is 2.37. The fourth-order valence-electron chi connectivity index (χ4n) is 1.43. The average Bonchev–Trinajstić information content (AvgIpc) is 2.86. The standard InChI is InChI=1S/C13H13ClN2O2S/c1-8(17)6-15-12(18)11-7-19-13(16-11)9-2-4-10(14)5-3-9/h2-5,7-8,17H,6H2,1H3,(H,15,18). The van der Waals surface area contributed by atoms with Crippen molar-refractivity contribution in [2.75, 3.05) is 6.54 Å². The molecule has 1 amide bonds. The SMILES string of the molecule is CC(O)CNC(=O)c1csc(-c2ccc(Cl)cc2)n1. The minimum atomic E-state index is -0.571. The Hall–Kier alpha value is -1.43. The van der Waals surface area contributed by atoms with Gasteiger partial charge >= 0.3 is 0 Å². The zero-order chi connectivity index (χ0) is 13.8. The monoisotopic (exact) mass is 296 g/mol. The van der Waals surface area contributed by atoms with Crippen LogP contribution in [0.4, 0.5) is 0 Å². The van der Waals surface area contributed by atoms with Crippen LogP contribution < -0.4 is 5.32 Å². The summed E-state index contributed by atoms with van der Waals surface area (Å²) < 4.78 is 0. The summed E-state index contributed by atoms with van der Waals surface area (Å²) in [7, 11) is 0. The van der Waals surface area contributed by atoms with E-state index in [-0.39, 0.29) is 12.5 Å². The molecule has 0 bridgehead atoms. The number of aliphatic hydroxyl groups excluding tert-OH is 1. The van der Waals surface area contributed by atoms with Gasteiger partial charge in [0.15, 0.2) is 0 Å². The molecule has 0 radical (unpaired) electrons. The maximum atomic E-state index is 11.7. The van der Waals surface area contributed by atoms with Crippen molar-refractivity contribution in [1.82, 2.24) is 10.3 Å². The topological polar surface area (TPSA) is 62.2 Å². The molecule has 2 rings (SSSR count). The molecule has 19 heavy (non-hydrogen) atoms. The number of aromatic nitrogens is 1. The van der Waals surface area contributed by atoms with E-state index in [1.165, 1.54) is 11.3 Å². The first-order chi connectivity index (χ1) is 9.06. The lowest BCUT2D eigenvalue weighted by Crippen LogP contribution is -2.30. The molecular weight excluding hydrogens is 284 g/mol. The molecule has 1 unspecified atom stereocenters. The van der Waals surface area contributed by atoms with Crippen molar-refractivity contribution in [3.63, 3.8) is 0 Å². The summed E-state index contributed by atoms with van der Waals surface area (Å²) in [5.74, 6) is -0.280. The fraction of sp³-hybridized carbons (Fsp3) is 0.231. The predicted molar refractivity (Wildman–Crippen MR) is 76.6 cm³/mol. The van der Waals surface area contributed by atoms with Crippen molar-refractivity contribution in [2.45, 2.75) is 13.0 Å². The Balaban J connectivity index is 2.10. The molecule has 1 aromatic carbocycles. The first kappa shape index (κ1) is 14.0. The number of hydrogen-bond acceptors (Lipinski definition) is 4. The van der Waals surface area contributed by atoms with Gasteiger partial charge in [0.25, 0.3) is 5.91 Å². The molecule has 0 aliphatic carbocycles. The first-order valence-electron chi connectivity index (χ1n) is 5.74. The number of hydrogen-bond donors (Lipinski definition) is 2. The molecule has 0 spiro atoms. The molecule has 1 atom stereocenters. The Labute approximate surface area is 120 Å². The molecule has 2 N–H and O–H groups in total. The number of halogens is 1. The second kappa shape index (κ2) is 6.14. The summed E-state index contributed by atoms with van der Waals surface area (Å²) in [6.07, 6.45) is -0.571. The number of nitrogens with one attached hydrogen (secondary N) is 1. The number of carbonyl (C=O) groups is 1. The summed E-state index contributed by atoms with van der Waals surface area (Å²) in [5, 5.41) is 14.8.